The van der Waals surface area contributed by atoms with Crippen molar-refractivity contribution in [2.75, 3.05) is 26.2 Å². The van der Waals surface area contributed by atoms with Gasteiger partial charge in [-0.2, -0.15) is 5.10 Å². The highest BCUT2D eigenvalue weighted by Gasteiger charge is 2.20. The molecule has 152 valence electrons. The Bertz CT molecular complexity index is 758. The Labute approximate surface area is 169 Å². The Hall–Kier alpha value is -2.34. The minimum absolute atomic E-state index is 0.484. The van der Waals surface area contributed by atoms with Crippen LogP contribution in [0.3, 0.4) is 0 Å². The molecule has 2 aromatic rings. The van der Waals surface area contributed by atoms with Crippen molar-refractivity contribution in [1.82, 2.24) is 25.3 Å². The maximum absolute atomic E-state index is 4.73. The topological polar surface area (TPSA) is 57.5 Å². The quantitative estimate of drug-likeness (QED) is 0.571. The van der Waals surface area contributed by atoms with Gasteiger partial charge in [0, 0.05) is 38.4 Å². The third-order valence-electron chi connectivity index (χ3n) is 5.29. The zero-order valence-corrected chi connectivity index (χ0v) is 17.5. The van der Waals surface area contributed by atoms with Crippen LogP contribution in [-0.2, 0) is 13.1 Å². The molecule has 1 saturated heterocycles. The van der Waals surface area contributed by atoms with E-state index in [1.165, 1.54) is 16.7 Å². The zero-order valence-electron chi connectivity index (χ0n) is 17.5. The Morgan fingerprint density at radius 1 is 1.21 bits per heavy atom. The number of guanidine groups is 1. The highest BCUT2D eigenvalue weighted by Crippen LogP contribution is 2.16. The molecule has 6 heteroatoms. The van der Waals surface area contributed by atoms with Gasteiger partial charge in [-0.05, 0) is 50.3 Å². The summed E-state index contributed by atoms with van der Waals surface area (Å²) in [4.78, 5) is 7.29. The van der Waals surface area contributed by atoms with Crippen LogP contribution in [0.15, 0.2) is 41.7 Å². The van der Waals surface area contributed by atoms with Crippen LogP contribution in [0.2, 0.25) is 0 Å². The molecular weight excluding hydrogens is 348 g/mol. The fourth-order valence-electron chi connectivity index (χ4n) is 3.63. The van der Waals surface area contributed by atoms with Crippen LogP contribution in [0.4, 0.5) is 0 Å². The summed E-state index contributed by atoms with van der Waals surface area (Å²) < 4.78 is 1.95. The van der Waals surface area contributed by atoms with E-state index in [0.717, 1.165) is 58.1 Å². The van der Waals surface area contributed by atoms with Gasteiger partial charge in [-0.15, -0.1) is 0 Å². The number of aryl methyl sites for hydroxylation is 2. The molecule has 6 nitrogen and oxygen atoms in total. The van der Waals surface area contributed by atoms with Crippen LogP contribution < -0.4 is 10.6 Å². The van der Waals surface area contributed by atoms with Gasteiger partial charge in [-0.1, -0.05) is 24.3 Å². The largest absolute Gasteiger partial charge is 0.357 e. The van der Waals surface area contributed by atoms with E-state index in [4.69, 9.17) is 4.99 Å². The second kappa shape index (κ2) is 10.3. The number of likely N-dealkylation sites (tertiary alicyclic amines) is 1. The average molecular weight is 383 g/mol. The molecule has 0 saturated carbocycles. The van der Waals surface area contributed by atoms with Gasteiger partial charge in [0.15, 0.2) is 5.96 Å². The molecule has 1 aliphatic heterocycles. The van der Waals surface area contributed by atoms with Gasteiger partial charge >= 0.3 is 0 Å². The van der Waals surface area contributed by atoms with Crippen LogP contribution in [0.1, 0.15) is 36.5 Å². The second-order valence-electron chi connectivity index (χ2n) is 7.66. The van der Waals surface area contributed by atoms with Gasteiger partial charge in [0.1, 0.15) is 0 Å². The molecule has 2 N–H and O–H groups in total. The molecular formula is C22H34N6. The summed E-state index contributed by atoms with van der Waals surface area (Å²) >= 11 is 0. The highest BCUT2D eigenvalue weighted by molar-refractivity contribution is 5.80. The SMILES string of the molecule is CCNC(=NCCn1cc(C)cn1)NC1CCN(Cc2ccccc2C)CC1. The number of hydrogen-bond acceptors (Lipinski definition) is 3. The Balaban J connectivity index is 1.45. The number of rotatable bonds is 7. The first-order valence-corrected chi connectivity index (χ1v) is 10.4. The van der Waals surface area contributed by atoms with E-state index in [0.29, 0.717) is 6.04 Å². The number of benzene rings is 1. The maximum Gasteiger partial charge on any atom is 0.191 e. The molecule has 3 rings (SSSR count). The monoisotopic (exact) mass is 382 g/mol. The van der Waals surface area contributed by atoms with Crippen molar-refractivity contribution in [3.8, 4) is 0 Å². The summed E-state index contributed by atoms with van der Waals surface area (Å²) in [6, 6.07) is 9.19. The molecule has 1 aromatic carbocycles. The van der Waals surface area contributed by atoms with Gasteiger partial charge < -0.3 is 10.6 Å². The van der Waals surface area contributed by atoms with Crippen LogP contribution >= 0.6 is 0 Å². The van der Waals surface area contributed by atoms with Gasteiger partial charge in [0.05, 0.1) is 19.3 Å². The minimum atomic E-state index is 0.484. The van der Waals surface area contributed by atoms with Gasteiger partial charge in [-0.3, -0.25) is 14.6 Å². The fourth-order valence-corrected chi connectivity index (χ4v) is 3.63. The third-order valence-corrected chi connectivity index (χ3v) is 5.29. The number of nitrogens with one attached hydrogen (secondary N) is 2. The normalized spacial score (nSPS) is 16.3. The molecule has 0 spiro atoms. The van der Waals surface area contributed by atoms with Gasteiger partial charge in [-0.25, -0.2) is 0 Å². The van der Waals surface area contributed by atoms with Crippen molar-refractivity contribution >= 4 is 5.96 Å². The van der Waals surface area contributed by atoms with Gasteiger partial charge in [0.2, 0.25) is 0 Å². The van der Waals surface area contributed by atoms with E-state index in [1.54, 1.807) is 0 Å². The fraction of sp³-hybridized carbons (Fsp3) is 0.545. The molecule has 0 unspecified atom stereocenters. The molecule has 2 heterocycles. The van der Waals surface area contributed by atoms with E-state index in [9.17, 15) is 0 Å². The molecule has 0 bridgehead atoms. The van der Waals surface area contributed by atoms with E-state index in [2.05, 4.69) is 71.9 Å². The molecule has 1 fully saturated rings. The summed E-state index contributed by atoms with van der Waals surface area (Å²) in [5.74, 6) is 0.920. The third kappa shape index (κ3) is 6.09. The van der Waals surface area contributed by atoms with Crippen LogP contribution in [0, 0.1) is 13.8 Å². The van der Waals surface area contributed by atoms with Crippen molar-refractivity contribution in [3.63, 3.8) is 0 Å². The van der Waals surface area contributed by atoms with E-state index >= 15 is 0 Å². The lowest BCUT2D eigenvalue weighted by atomic mass is 10.0. The predicted octanol–water partition coefficient (Wildman–Crippen LogP) is 2.72. The van der Waals surface area contributed by atoms with Crippen LogP contribution in [0.25, 0.3) is 0 Å². The molecule has 0 aliphatic carbocycles. The van der Waals surface area contributed by atoms with Crippen molar-refractivity contribution in [2.45, 2.75) is 52.7 Å². The maximum atomic E-state index is 4.73. The average Bonchev–Trinajstić information content (AvgIpc) is 3.10. The number of aromatic nitrogens is 2. The lowest BCUT2D eigenvalue weighted by Gasteiger charge is -2.33. The van der Waals surface area contributed by atoms with E-state index in [-0.39, 0.29) is 0 Å². The number of aliphatic imine (C=N–C) groups is 1. The predicted molar refractivity (Wildman–Crippen MR) is 116 cm³/mol. The molecule has 1 aromatic heterocycles. The summed E-state index contributed by atoms with van der Waals surface area (Å²) in [7, 11) is 0. The number of nitrogens with zero attached hydrogens (tertiary/aromatic N) is 4. The first-order valence-electron chi connectivity index (χ1n) is 10.4. The number of hydrogen-bond donors (Lipinski definition) is 2. The van der Waals surface area contributed by atoms with Crippen LogP contribution in [-0.4, -0.2) is 52.9 Å². The van der Waals surface area contributed by atoms with Crippen molar-refractivity contribution in [1.29, 1.82) is 0 Å². The molecule has 0 atom stereocenters. The molecule has 0 radical (unpaired) electrons. The molecule has 0 amide bonds. The molecule has 1 aliphatic rings. The standard InChI is InChI=1S/C22H34N6/c1-4-23-22(24-11-14-28-16-18(2)15-25-28)26-21-9-12-27(13-10-21)17-20-8-6-5-7-19(20)3/h5-8,15-16,21H,4,9-14,17H2,1-3H3,(H2,23,24,26). The first-order chi connectivity index (χ1) is 13.6. The zero-order chi connectivity index (χ0) is 19.8. The van der Waals surface area contributed by atoms with E-state index in [1.807, 2.05) is 10.9 Å². The smallest absolute Gasteiger partial charge is 0.191 e. The van der Waals surface area contributed by atoms with Gasteiger partial charge in [0.25, 0.3) is 0 Å². The van der Waals surface area contributed by atoms with Crippen LogP contribution in [0.5, 0.6) is 0 Å². The Morgan fingerprint density at radius 3 is 2.68 bits per heavy atom. The van der Waals surface area contributed by atoms with Crippen molar-refractivity contribution < 1.29 is 0 Å². The minimum Gasteiger partial charge on any atom is -0.357 e. The summed E-state index contributed by atoms with van der Waals surface area (Å²) in [5.41, 5.74) is 4.01. The van der Waals surface area contributed by atoms with Crippen molar-refractivity contribution in [3.05, 3.63) is 53.3 Å². The summed E-state index contributed by atoms with van der Waals surface area (Å²) in [6.45, 7) is 12.1. The number of piperidine rings is 1. The Morgan fingerprint density at radius 2 is 2.00 bits per heavy atom. The lowest BCUT2D eigenvalue weighted by Crippen LogP contribution is -2.48. The van der Waals surface area contributed by atoms with E-state index < -0.39 is 0 Å². The highest BCUT2D eigenvalue weighted by atomic mass is 15.3. The lowest BCUT2D eigenvalue weighted by molar-refractivity contribution is 0.198. The first kappa shape index (κ1) is 20.4. The Kier molecular flexibility index (Phi) is 7.48. The summed E-state index contributed by atoms with van der Waals surface area (Å²) in [6.07, 6.45) is 6.24. The van der Waals surface area contributed by atoms with Crippen molar-refractivity contribution in [2.24, 2.45) is 4.99 Å². The second-order valence-corrected chi connectivity index (χ2v) is 7.66. The summed E-state index contributed by atoms with van der Waals surface area (Å²) in [5, 5.41) is 11.3. The molecule has 28 heavy (non-hydrogen) atoms.